The van der Waals surface area contributed by atoms with Gasteiger partial charge in [-0.25, -0.2) is 8.42 Å². The fourth-order valence-corrected chi connectivity index (χ4v) is 5.95. The maximum atomic E-state index is 12.1. The Morgan fingerprint density at radius 2 is 1.82 bits per heavy atom. The quantitative estimate of drug-likeness (QED) is 0.674. The molecule has 1 saturated heterocycles. The maximum Gasteiger partial charge on any atom is 0.173 e. The molecule has 0 aliphatic carbocycles. The van der Waals surface area contributed by atoms with Gasteiger partial charge in [0.25, 0.3) is 0 Å². The van der Waals surface area contributed by atoms with E-state index in [1.807, 2.05) is 6.92 Å². The van der Waals surface area contributed by atoms with Crippen molar-refractivity contribution >= 4 is 32.9 Å². The summed E-state index contributed by atoms with van der Waals surface area (Å²) in [5.41, 5.74) is 3.27. The summed E-state index contributed by atoms with van der Waals surface area (Å²) in [6.07, 6.45) is 0.639. The van der Waals surface area contributed by atoms with Gasteiger partial charge >= 0.3 is 0 Å². The Morgan fingerprint density at radius 3 is 2.36 bits per heavy atom. The fraction of sp³-hybridized carbons (Fsp3) is 0.667. The normalized spacial score (nSPS) is 18.8. The number of rotatable bonds is 7. The van der Waals surface area contributed by atoms with Crippen molar-refractivity contribution in [1.29, 1.82) is 0 Å². The number of thiocarbonyl (C=S) groups is 1. The first kappa shape index (κ1) is 23.1. The minimum atomic E-state index is -2.98. The van der Waals surface area contributed by atoms with Gasteiger partial charge in [0.2, 0.25) is 0 Å². The van der Waals surface area contributed by atoms with Gasteiger partial charge in [-0.15, -0.1) is 0 Å². The predicted octanol–water partition coefficient (Wildman–Crippen LogP) is 3.61. The molecule has 1 aromatic carbocycles. The summed E-state index contributed by atoms with van der Waals surface area (Å²) in [6, 6.07) is 7.03. The summed E-state index contributed by atoms with van der Waals surface area (Å²) in [5.74, 6) is 0.434. The van der Waals surface area contributed by atoms with Crippen LogP contribution < -0.4 is 5.32 Å². The molecule has 1 atom stereocenters. The smallest absolute Gasteiger partial charge is 0.173 e. The standard InChI is InChI=1S/C21H35N3O2S2/c1-15(2)23(16(3)4)10-11-24(19-9-12-28(25,26)14-19)21(27)22-20-13-17(5)7-8-18(20)6/h7-8,13,15-16,19H,9-12,14H2,1-6H3,(H,22,27)/t19-/m1/s1. The van der Waals surface area contributed by atoms with E-state index in [2.05, 4.69) is 67.9 Å². The Bertz CT molecular complexity index is 783. The Hall–Kier alpha value is -1.18. The highest BCUT2D eigenvalue weighted by Crippen LogP contribution is 2.22. The summed E-state index contributed by atoms with van der Waals surface area (Å²) < 4.78 is 24.2. The summed E-state index contributed by atoms with van der Waals surface area (Å²) in [6.45, 7) is 14.4. The highest BCUT2D eigenvalue weighted by Gasteiger charge is 2.34. The first-order valence-corrected chi connectivity index (χ1v) is 12.3. The van der Waals surface area contributed by atoms with E-state index in [0.29, 0.717) is 30.2 Å². The third-order valence-corrected chi connectivity index (χ3v) is 7.56. The van der Waals surface area contributed by atoms with Crippen LogP contribution in [0.15, 0.2) is 18.2 Å². The molecule has 2 rings (SSSR count). The first-order valence-electron chi connectivity index (χ1n) is 10.1. The molecule has 158 valence electrons. The van der Waals surface area contributed by atoms with E-state index in [1.54, 1.807) is 0 Å². The minimum Gasteiger partial charge on any atom is -0.344 e. The molecule has 0 saturated carbocycles. The van der Waals surface area contributed by atoms with Gasteiger partial charge in [0.05, 0.1) is 11.5 Å². The van der Waals surface area contributed by atoms with Gasteiger partial charge in [-0.05, 0) is 77.4 Å². The van der Waals surface area contributed by atoms with E-state index >= 15 is 0 Å². The first-order chi connectivity index (χ1) is 13.0. The van der Waals surface area contributed by atoms with Crippen LogP contribution >= 0.6 is 12.2 Å². The predicted molar refractivity (Wildman–Crippen MR) is 123 cm³/mol. The van der Waals surface area contributed by atoms with Gasteiger partial charge in [-0.3, -0.25) is 4.90 Å². The Labute approximate surface area is 176 Å². The molecule has 7 heteroatoms. The number of benzene rings is 1. The topological polar surface area (TPSA) is 52.6 Å². The number of hydrogen-bond acceptors (Lipinski definition) is 4. The van der Waals surface area contributed by atoms with Crippen LogP contribution in [0.1, 0.15) is 45.2 Å². The molecule has 28 heavy (non-hydrogen) atoms. The number of nitrogens with one attached hydrogen (secondary N) is 1. The van der Waals surface area contributed by atoms with Gasteiger partial charge in [0, 0.05) is 36.9 Å². The second-order valence-electron chi connectivity index (χ2n) is 8.42. The van der Waals surface area contributed by atoms with Gasteiger partial charge in [-0.2, -0.15) is 0 Å². The van der Waals surface area contributed by atoms with Crippen molar-refractivity contribution in [2.75, 3.05) is 29.9 Å². The van der Waals surface area contributed by atoms with Gasteiger partial charge < -0.3 is 10.2 Å². The van der Waals surface area contributed by atoms with E-state index in [0.717, 1.165) is 23.4 Å². The molecule has 0 bridgehead atoms. The zero-order valence-corrected chi connectivity index (χ0v) is 19.7. The van der Waals surface area contributed by atoms with E-state index < -0.39 is 9.84 Å². The van der Waals surface area contributed by atoms with Crippen LogP contribution in [-0.2, 0) is 9.84 Å². The molecular formula is C21H35N3O2S2. The lowest BCUT2D eigenvalue weighted by molar-refractivity contribution is 0.155. The van der Waals surface area contributed by atoms with E-state index in [9.17, 15) is 8.42 Å². The van der Waals surface area contributed by atoms with Crippen molar-refractivity contribution in [1.82, 2.24) is 9.80 Å². The Morgan fingerprint density at radius 1 is 1.18 bits per heavy atom. The average Bonchev–Trinajstić information content (AvgIpc) is 2.93. The highest BCUT2D eigenvalue weighted by atomic mass is 32.2. The lowest BCUT2D eigenvalue weighted by atomic mass is 10.1. The molecule has 0 aromatic heterocycles. The van der Waals surface area contributed by atoms with Crippen LogP contribution in [0.4, 0.5) is 5.69 Å². The van der Waals surface area contributed by atoms with Crippen molar-refractivity contribution in [2.45, 2.75) is 66.1 Å². The minimum absolute atomic E-state index is 0.0590. The summed E-state index contributed by atoms with van der Waals surface area (Å²) in [4.78, 5) is 4.51. The fourth-order valence-electron chi connectivity index (χ4n) is 3.86. The SMILES string of the molecule is Cc1ccc(C)c(NC(=S)N(CCN(C(C)C)C(C)C)[C@@H]2CCS(=O)(=O)C2)c1. The second-order valence-corrected chi connectivity index (χ2v) is 11.0. The molecule has 1 N–H and O–H groups in total. The number of sulfone groups is 1. The molecule has 0 spiro atoms. The largest absolute Gasteiger partial charge is 0.344 e. The number of hydrogen-bond donors (Lipinski definition) is 1. The van der Waals surface area contributed by atoms with E-state index in [-0.39, 0.29) is 17.5 Å². The molecule has 1 aliphatic rings. The van der Waals surface area contributed by atoms with Crippen molar-refractivity contribution in [3.05, 3.63) is 29.3 Å². The molecule has 0 amide bonds. The third-order valence-electron chi connectivity index (χ3n) is 5.47. The molecule has 1 fully saturated rings. The zero-order valence-electron chi connectivity index (χ0n) is 18.0. The summed E-state index contributed by atoms with van der Waals surface area (Å²) >= 11 is 5.76. The number of aryl methyl sites for hydroxylation is 2. The monoisotopic (exact) mass is 425 g/mol. The lowest BCUT2D eigenvalue weighted by Crippen LogP contribution is -2.49. The van der Waals surface area contributed by atoms with Crippen molar-refractivity contribution in [3.8, 4) is 0 Å². The van der Waals surface area contributed by atoms with E-state index in [1.165, 1.54) is 0 Å². The summed E-state index contributed by atoms with van der Waals surface area (Å²) in [5, 5.41) is 4.00. The number of anilines is 1. The van der Waals surface area contributed by atoms with Crippen LogP contribution in [0.5, 0.6) is 0 Å². The van der Waals surface area contributed by atoms with Gasteiger partial charge in [-0.1, -0.05) is 12.1 Å². The summed E-state index contributed by atoms with van der Waals surface area (Å²) in [7, 11) is -2.98. The van der Waals surface area contributed by atoms with Crippen LogP contribution in [0.2, 0.25) is 0 Å². The third kappa shape index (κ3) is 6.16. The molecule has 0 radical (unpaired) electrons. The molecule has 5 nitrogen and oxygen atoms in total. The second kappa shape index (κ2) is 9.55. The van der Waals surface area contributed by atoms with Gasteiger partial charge in [0.15, 0.2) is 14.9 Å². The molecule has 1 aliphatic heterocycles. The lowest BCUT2D eigenvalue weighted by Gasteiger charge is -2.36. The molecule has 1 heterocycles. The van der Waals surface area contributed by atoms with Crippen molar-refractivity contribution in [3.63, 3.8) is 0 Å². The van der Waals surface area contributed by atoms with Crippen molar-refractivity contribution < 1.29 is 8.42 Å². The molecular weight excluding hydrogens is 390 g/mol. The Kier molecular flexibility index (Phi) is 7.88. The van der Waals surface area contributed by atoms with Gasteiger partial charge in [0.1, 0.15) is 0 Å². The Balaban J connectivity index is 2.19. The molecule has 0 unspecified atom stereocenters. The highest BCUT2D eigenvalue weighted by molar-refractivity contribution is 7.91. The number of nitrogens with zero attached hydrogens (tertiary/aromatic N) is 2. The zero-order chi connectivity index (χ0) is 21.1. The van der Waals surface area contributed by atoms with Crippen molar-refractivity contribution in [2.24, 2.45) is 0 Å². The van der Waals surface area contributed by atoms with Crippen LogP contribution in [0.25, 0.3) is 0 Å². The van der Waals surface area contributed by atoms with Crippen LogP contribution in [0.3, 0.4) is 0 Å². The van der Waals surface area contributed by atoms with Crippen LogP contribution in [0, 0.1) is 13.8 Å². The average molecular weight is 426 g/mol. The molecule has 1 aromatic rings. The maximum absolute atomic E-state index is 12.1. The van der Waals surface area contributed by atoms with Crippen LogP contribution in [-0.4, -0.2) is 66.1 Å². The van der Waals surface area contributed by atoms with E-state index in [4.69, 9.17) is 12.2 Å².